The summed E-state index contributed by atoms with van der Waals surface area (Å²) in [5.41, 5.74) is 1.07. The molecule has 1 heterocycles. The molecule has 0 amide bonds. The van der Waals surface area contributed by atoms with Crippen LogP contribution in [0.15, 0.2) is 36.7 Å². The number of nitrogens with one attached hydrogen (secondary N) is 1. The molecule has 1 aromatic heterocycles. The van der Waals surface area contributed by atoms with E-state index >= 15 is 0 Å². The fraction of sp³-hybridized carbons (Fsp3) is 0.421. The monoisotopic (exact) mass is 345 g/mol. The minimum Gasteiger partial charge on any atom is -0.462 e. The first-order valence-electron chi connectivity index (χ1n) is 8.66. The second kappa shape index (κ2) is 8.55. The van der Waals surface area contributed by atoms with Crippen molar-refractivity contribution in [2.75, 3.05) is 11.9 Å². The van der Waals surface area contributed by atoms with Crippen LogP contribution in [0.4, 0.5) is 10.3 Å². The van der Waals surface area contributed by atoms with Crippen molar-refractivity contribution >= 4 is 11.9 Å². The number of rotatable bonds is 5. The van der Waals surface area contributed by atoms with Crippen LogP contribution in [0, 0.1) is 5.82 Å². The van der Waals surface area contributed by atoms with Gasteiger partial charge in [-0.1, -0.05) is 26.0 Å². The zero-order chi connectivity index (χ0) is 18.3. The fourth-order valence-corrected chi connectivity index (χ4v) is 2.71. The topological polar surface area (TPSA) is 64.1 Å². The van der Waals surface area contributed by atoms with E-state index in [0.717, 1.165) is 24.8 Å². The van der Waals surface area contributed by atoms with E-state index in [1.54, 1.807) is 19.1 Å². The van der Waals surface area contributed by atoms with Crippen LogP contribution < -0.4 is 5.32 Å². The third-order valence-corrected chi connectivity index (χ3v) is 4.12. The number of halogens is 1. The van der Waals surface area contributed by atoms with Gasteiger partial charge in [-0.3, -0.25) is 0 Å². The van der Waals surface area contributed by atoms with Gasteiger partial charge in [-0.2, -0.15) is 0 Å². The lowest BCUT2D eigenvalue weighted by atomic mass is 9.72. The number of aromatic nitrogens is 2. The molecular weight excluding hydrogens is 321 g/mol. The van der Waals surface area contributed by atoms with Gasteiger partial charge >= 0.3 is 5.97 Å². The molecule has 1 fully saturated rings. The minimum absolute atomic E-state index is 0.252. The standard InChI is InChI=1S/C17H18FN3O2.C2H6/c1-2-23-15(22)12-10-19-16(20-11-12)21-17(8-3-9-17)13-4-6-14(18)7-5-13;1-2/h4-7,10-11H,2-3,8-9H2,1H3,(H,19,20,21);1-2H3. The molecule has 0 aliphatic heterocycles. The summed E-state index contributed by atoms with van der Waals surface area (Å²) in [6.45, 7) is 6.06. The molecule has 25 heavy (non-hydrogen) atoms. The maximum absolute atomic E-state index is 13.1. The summed E-state index contributed by atoms with van der Waals surface area (Å²) >= 11 is 0. The Bertz CT molecular complexity index is 683. The zero-order valence-electron chi connectivity index (χ0n) is 14.9. The Labute approximate surface area is 147 Å². The SMILES string of the molecule is CC.CCOC(=O)c1cnc(NC2(c3ccc(F)cc3)CCC2)nc1. The van der Waals surface area contributed by atoms with Crippen molar-refractivity contribution in [2.24, 2.45) is 0 Å². The Morgan fingerprint density at radius 1 is 1.20 bits per heavy atom. The van der Waals surface area contributed by atoms with Gasteiger partial charge in [0.1, 0.15) is 5.82 Å². The van der Waals surface area contributed by atoms with E-state index in [2.05, 4.69) is 15.3 Å². The Morgan fingerprint density at radius 3 is 2.28 bits per heavy atom. The first kappa shape index (κ1) is 18.8. The molecule has 6 heteroatoms. The average Bonchev–Trinajstić information content (AvgIpc) is 2.61. The molecule has 5 nitrogen and oxygen atoms in total. The predicted octanol–water partition coefficient (Wildman–Crippen LogP) is 4.31. The molecule has 2 aromatic rings. The van der Waals surface area contributed by atoms with Gasteiger partial charge in [0.15, 0.2) is 0 Å². The van der Waals surface area contributed by atoms with Gasteiger partial charge in [-0.05, 0) is 43.9 Å². The molecule has 1 saturated carbocycles. The number of anilines is 1. The van der Waals surface area contributed by atoms with Crippen LogP contribution in [-0.2, 0) is 10.3 Å². The van der Waals surface area contributed by atoms with Crippen LogP contribution in [0.2, 0.25) is 0 Å². The summed E-state index contributed by atoms with van der Waals surface area (Å²) in [6, 6.07) is 6.49. The second-order valence-electron chi connectivity index (χ2n) is 5.58. The maximum atomic E-state index is 13.1. The van der Waals surface area contributed by atoms with E-state index in [1.165, 1.54) is 24.5 Å². The van der Waals surface area contributed by atoms with Crippen molar-refractivity contribution in [1.82, 2.24) is 9.97 Å². The maximum Gasteiger partial charge on any atom is 0.341 e. The third-order valence-electron chi connectivity index (χ3n) is 4.12. The first-order valence-corrected chi connectivity index (χ1v) is 8.66. The highest BCUT2D eigenvalue weighted by Crippen LogP contribution is 2.43. The minimum atomic E-state index is -0.434. The second-order valence-corrected chi connectivity index (χ2v) is 5.58. The molecule has 0 spiro atoms. The van der Waals surface area contributed by atoms with E-state index in [9.17, 15) is 9.18 Å². The number of hydrogen-bond acceptors (Lipinski definition) is 5. The fourth-order valence-electron chi connectivity index (χ4n) is 2.71. The number of benzene rings is 1. The van der Waals surface area contributed by atoms with E-state index in [1.807, 2.05) is 13.8 Å². The molecule has 3 rings (SSSR count). The van der Waals surface area contributed by atoms with Crippen molar-refractivity contribution in [1.29, 1.82) is 0 Å². The van der Waals surface area contributed by atoms with Gasteiger partial charge in [0.25, 0.3) is 0 Å². The smallest absolute Gasteiger partial charge is 0.341 e. The molecule has 0 bridgehead atoms. The molecule has 0 saturated heterocycles. The van der Waals surface area contributed by atoms with Crippen molar-refractivity contribution in [3.8, 4) is 0 Å². The zero-order valence-corrected chi connectivity index (χ0v) is 14.9. The number of esters is 1. The van der Waals surface area contributed by atoms with Gasteiger partial charge in [0.2, 0.25) is 5.95 Å². The highest BCUT2D eigenvalue weighted by Gasteiger charge is 2.39. The van der Waals surface area contributed by atoms with Crippen LogP contribution in [0.1, 0.15) is 56.0 Å². The molecule has 134 valence electrons. The van der Waals surface area contributed by atoms with E-state index < -0.39 is 5.97 Å². The number of ether oxygens (including phenoxy) is 1. The van der Waals surface area contributed by atoms with Gasteiger partial charge in [0, 0.05) is 12.4 Å². The van der Waals surface area contributed by atoms with Crippen molar-refractivity contribution in [3.63, 3.8) is 0 Å². The van der Waals surface area contributed by atoms with Gasteiger partial charge in [-0.25, -0.2) is 19.2 Å². The first-order chi connectivity index (χ1) is 12.1. The Hall–Kier alpha value is -2.50. The van der Waals surface area contributed by atoms with Crippen LogP contribution in [0.5, 0.6) is 0 Å². The van der Waals surface area contributed by atoms with Crippen molar-refractivity contribution < 1.29 is 13.9 Å². The molecular formula is C19H24FN3O2. The van der Waals surface area contributed by atoms with Gasteiger partial charge < -0.3 is 10.1 Å². The van der Waals surface area contributed by atoms with Crippen LogP contribution in [0.25, 0.3) is 0 Å². The average molecular weight is 345 g/mol. The largest absolute Gasteiger partial charge is 0.462 e. The van der Waals surface area contributed by atoms with Gasteiger partial charge in [0.05, 0.1) is 17.7 Å². The molecule has 0 radical (unpaired) electrons. The quantitative estimate of drug-likeness (QED) is 0.818. The van der Waals surface area contributed by atoms with Crippen LogP contribution in [0.3, 0.4) is 0 Å². The predicted molar refractivity (Wildman–Crippen MR) is 94.9 cm³/mol. The lowest BCUT2D eigenvalue weighted by molar-refractivity contribution is 0.0525. The molecule has 1 aliphatic carbocycles. The highest BCUT2D eigenvalue weighted by molar-refractivity contribution is 5.88. The molecule has 0 unspecified atom stereocenters. The van der Waals surface area contributed by atoms with E-state index in [0.29, 0.717) is 18.1 Å². The molecule has 0 atom stereocenters. The normalized spacial score (nSPS) is 14.6. The number of carbonyl (C=O) groups excluding carboxylic acids is 1. The number of nitrogens with zero attached hydrogens (tertiary/aromatic N) is 2. The molecule has 1 N–H and O–H groups in total. The summed E-state index contributed by atoms with van der Waals surface area (Å²) < 4.78 is 18.0. The van der Waals surface area contributed by atoms with Gasteiger partial charge in [-0.15, -0.1) is 0 Å². The Kier molecular flexibility index (Phi) is 6.44. The Morgan fingerprint density at radius 2 is 1.80 bits per heavy atom. The number of carbonyl (C=O) groups is 1. The molecule has 1 aromatic carbocycles. The third kappa shape index (κ3) is 4.32. The molecule has 1 aliphatic rings. The number of hydrogen-bond donors (Lipinski definition) is 1. The lowest BCUT2D eigenvalue weighted by Gasteiger charge is -2.43. The van der Waals surface area contributed by atoms with E-state index in [-0.39, 0.29) is 11.4 Å². The van der Waals surface area contributed by atoms with Crippen LogP contribution in [-0.4, -0.2) is 22.5 Å². The Balaban J connectivity index is 0.00000109. The highest BCUT2D eigenvalue weighted by atomic mass is 19.1. The van der Waals surface area contributed by atoms with Crippen LogP contribution >= 0.6 is 0 Å². The summed E-state index contributed by atoms with van der Waals surface area (Å²) in [4.78, 5) is 20.0. The van der Waals surface area contributed by atoms with Crippen molar-refractivity contribution in [2.45, 2.75) is 45.6 Å². The van der Waals surface area contributed by atoms with E-state index in [4.69, 9.17) is 4.74 Å². The lowest BCUT2D eigenvalue weighted by Crippen LogP contribution is -2.42. The summed E-state index contributed by atoms with van der Waals surface area (Å²) in [5, 5.41) is 3.33. The summed E-state index contributed by atoms with van der Waals surface area (Å²) in [7, 11) is 0. The van der Waals surface area contributed by atoms with Crippen molar-refractivity contribution in [3.05, 3.63) is 53.6 Å². The summed E-state index contributed by atoms with van der Waals surface area (Å²) in [6.07, 6.45) is 5.85. The summed E-state index contributed by atoms with van der Waals surface area (Å²) in [5.74, 6) is -0.240.